The Hall–Kier alpha value is -0.0800. The molecular formula is C16H34O2. The van der Waals surface area contributed by atoms with E-state index in [4.69, 9.17) is 9.84 Å². The van der Waals surface area contributed by atoms with Gasteiger partial charge in [-0.3, -0.25) is 0 Å². The summed E-state index contributed by atoms with van der Waals surface area (Å²) in [6.45, 7) is 13.0. The summed E-state index contributed by atoms with van der Waals surface area (Å²) in [6, 6.07) is 0. The van der Waals surface area contributed by atoms with Gasteiger partial charge in [-0.15, -0.1) is 0 Å². The minimum Gasteiger partial charge on any atom is -0.396 e. The minimum absolute atomic E-state index is 0.172. The first-order valence-electron chi connectivity index (χ1n) is 7.63. The molecule has 2 heteroatoms. The van der Waals surface area contributed by atoms with Crippen LogP contribution < -0.4 is 0 Å². The van der Waals surface area contributed by atoms with Gasteiger partial charge in [0.05, 0.1) is 6.61 Å². The molecule has 0 aromatic rings. The molecule has 0 radical (unpaired) electrons. The number of aliphatic hydroxyl groups is 1. The Balaban J connectivity index is 3.85. The van der Waals surface area contributed by atoms with E-state index < -0.39 is 0 Å². The van der Waals surface area contributed by atoms with Gasteiger partial charge in [0.1, 0.15) is 0 Å². The van der Waals surface area contributed by atoms with Crippen LogP contribution in [-0.2, 0) is 4.74 Å². The average molecular weight is 258 g/mol. The molecule has 0 heterocycles. The van der Waals surface area contributed by atoms with E-state index in [0.29, 0.717) is 5.92 Å². The molecule has 0 saturated heterocycles. The minimum atomic E-state index is 0.172. The fourth-order valence-electron chi connectivity index (χ4n) is 2.47. The van der Waals surface area contributed by atoms with Crippen LogP contribution in [0.25, 0.3) is 0 Å². The van der Waals surface area contributed by atoms with Crippen LogP contribution in [0.2, 0.25) is 0 Å². The molecule has 0 aliphatic carbocycles. The van der Waals surface area contributed by atoms with Crippen LogP contribution in [0.4, 0.5) is 0 Å². The van der Waals surface area contributed by atoms with Crippen LogP contribution in [-0.4, -0.2) is 24.9 Å². The highest BCUT2D eigenvalue weighted by Gasteiger charge is 2.21. The number of hydrogen-bond acceptors (Lipinski definition) is 2. The summed E-state index contributed by atoms with van der Waals surface area (Å²) >= 11 is 0. The lowest BCUT2D eigenvalue weighted by molar-refractivity contribution is 0.0234. The molecule has 18 heavy (non-hydrogen) atoms. The van der Waals surface area contributed by atoms with Crippen LogP contribution in [0.15, 0.2) is 0 Å². The zero-order valence-corrected chi connectivity index (χ0v) is 13.2. The Labute approximate surface area is 114 Å². The Morgan fingerprint density at radius 1 is 1.22 bits per heavy atom. The van der Waals surface area contributed by atoms with Crippen molar-refractivity contribution < 1.29 is 9.84 Å². The molecule has 2 nitrogen and oxygen atoms in total. The average Bonchev–Trinajstić information content (AvgIpc) is 2.32. The first-order valence-corrected chi connectivity index (χ1v) is 7.63. The molecule has 0 aromatic heterocycles. The maximum Gasteiger partial charge on any atom is 0.0517 e. The molecule has 0 aromatic carbocycles. The third-order valence-corrected chi connectivity index (χ3v) is 3.60. The summed E-state index contributed by atoms with van der Waals surface area (Å²) in [5.41, 5.74) is 0.172. The van der Waals surface area contributed by atoms with Gasteiger partial charge in [-0.05, 0) is 30.1 Å². The van der Waals surface area contributed by atoms with E-state index >= 15 is 0 Å². The summed E-state index contributed by atoms with van der Waals surface area (Å²) in [5.74, 6) is 1.08. The molecule has 0 aliphatic rings. The van der Waals surface area contributed by atoms with E-state index in [1.807, 2.05) is 0 Å². The molecule has 0 saturated carbocycles. The fraction of sp³-hybridized carbons (Fsp3) is 1.00. The molecular weight excluding hydrogens is 224 g/mol. The molecule has 0 fully saturated rings. The highest BCUT2D eigenvalue weighted by molar-refractivity contribution is 4.71. The van der Waals surface area contributed by atoms with Crippen LogP contribution in [0.1, 0.15) is 66.7 Å². The number of ether oxygens (including phenoxy) is 1. The summed E-state index contributed by atoms with van der Waals surface area (Å²) in [6.07, 6.45) is 6.12. The second kappa shape index (κ2) is 9.80. The molecule has 2 atom stereocenters. The third-order valence-electron chi connectivity index (χ3n) is 3.60. The second-order valence-corrected chi connectivity index (χ2v) is 6.59. The molecule has 0 aliphatic heterocycles. The standard InChI is InChI=1S/C16H34O2/c1-6-8-9-15(7-2)12-18-13-16(4,5)10-14(3)11-17/h14-15,17H,6-13H2,1-5H3. The van der Waals surface area contributed by atoms with Crippen LogP contribution in [0.3, 0.4) is 0 Å². The summed E-state index contributed by atoms with van der Waals surface area (Å²) in [7, 11) is 0. The summed E-state index contributed by atoms with van der Waals surface area (Å²) < 4.78 is 5.91. The van der Waals surface area contributed by atoms with Gasteiger partial charge in [0.2, 0.25) is 0 Å². The lowest BCUT2D eigenvalue weighted by atomic mass is 9.84. The van der Waals surface area contributed by atoms with E-state index in [9.17, 15) is 0 Å². The number of rotatable bonds is 11. The lowest BCUT2D eigenvalue weighted by Gasteiger charge is -2.28. The number of aliphatic hydroxyl groups excluding tert-OH is 1. The molecule has 0 spiro atoms. The van der Waals surface area contributed by atoms with Gasteiger partial charge in [-0.2, -0.15) is 0 Å². The molecule has 110 valence electrons. The summed E-state index contributed by atoms with van der Waals surface area (Å²) in [5, 5.41) is 9.11. The van der Waals surface area contributed by atoms with Gasteiger partial charge in [0, 0.05) is 13.2 Å². The van der Waals surface area contributed by atoms with Gasteiger partial charge in [-0.25, -0.2) is 0 Å². The predicted octanol–water partition coefficient (Wildman–Crippen LogP) is 4.26. The van der Waals surface area contributed by atoms with Crippen LogP contribution in [0, 0.1) is 17.3 Å². The first kappa shape index (κ1) is 17.9. The van der Waals surface area contributed by atoms with E-state index in [0.717, 1.165) is 25.6 Å². The monoisotopic (exact) mass is 258 g/mol. The smallest absolute Gasteiger partial charge is 0.0517 e. The van der Waals surface area contributed by atoms with Gasteiger partial charge >= 0.3 is 0 Å². The Morgan fingerprint density at radius 2 is 1.89 bits per heavy atom. The van der Waals surface area contributed by atoms with Crippen molar-refractivity contribution in [2.45, 2.75) is 66.7 Å². The molecule has 0 bridgehead atoms. The Kier molecular flexibility index (Phi) is 9.76. The van der Waals surface area contributed by atoms with Crippen molar-refractivity contribution in [1.82, 2.24) is 0 Å². The Morgan fingerprint density at radius 3 is 2.39 bits per heavy atom. The van der Waals surface area contributed by atoms with Crippen molar-refractivity contribution in [3.8, 4) is 0 Å². The van der Waals surface area contributed by atoms with Crippen molar-refractivity contribution in [3.05, 3.63) is 0 Å². The lowest BCUT2D eigenvalue weighted by Crippen LogP contribution is -2.25. The maximum atomic E-state index is 9.11. The highest BCUT2D eigenvalue weighted by Crippen LogP contribution is 2.26. The van der Waals surface area contributed by atoms with Crippen molar-refractivity contribution in [1.29, 1.82) is 0 Å². The SMILES string of the molecule is CCCCC(CC)COCC(C)(C)CC(C)CO. The van der Waals surface area contributed by atoms with Crippen LogP contribution >= 0.6 is 0 Å². The fourth-order valence-corrected chi connectivity index (χ4v) is 2.47. The number of hydrogen-bond donors (Lipinski definition) is 1. The van der Waals surface area contributed by atoms with E-state index in [1.54, 1.807) is 0 Å². The van der Waals surface area contributed by atoms with Crippen molar-refractivity contribution in [2.24, 2.45) is 17.3 Å². The van der Waals surface area contributed by atoms with E-state index in [2.05, 4.69) is 34.6 Å². The zero-order valence-electron chi connectivity index (χ0n) is 13.2. The van der Waals surface area contributed by atoms with Gasteiger partial charge in [0.25, 0.3) is 0 Å². The van der Waals surface area contributed by atoms with E-state index in [1.165, 1.54) is 25.7 Å². The highest BCUT2D eigenvalue weighted by atomic mass is 16.5. The van der Waals surface area contributed by atoms with Gasteiger partial charge in [0.15, 0.2) is 0 Å². The van der Waals surface area contributed by atoms with Gasteiger partial charge < -0.3 is 9.84 Å². The molecule has 2 unspecified atom stereocenters. The van der Waals surface area contributed by atoms with Crippen molar-refractivity contribution in [3.63, 3.8) is 0 Å². The topological polar surface area (TPSA) is 29.5 Å². The van der Waals surface area contributed by atoms with Crippen molar-refractivity contribution in [2.75, 3.05) is 19.8 Å². The van der Waals surface area contributed by atoms with Crippen LogP contribution in [0.5, 0.6) is 0 Å². The normalized spacial score (nSPS) is 15.7. The first-order chi connectivity index (χ1) is 8.45. The van der Waals surface area contributed by atoms with E-state index in [-0.39, 0.29) is 12.0 Å². The summed E-state index contributed by atoms with van der Waals surface area (Å²) in [4.78, 5) is 0. The van der Waals surface area contributed by atoms with Crippen molar-refractivity contribution >= 4 is 0 Å². The predicted molar refractivity (Wildman–Crippen MR) is 78.8 cm³/mol. The second-order valence-electron chi connectivity index (χ2n) is 6.59. The molecule has 0 rings (SSSR count). The van der Waals surface area contributed by atoms with Gasteiger partial charge in [-0.1, -0.05) is 53.9 Å². The maximum absolute atomic E-state index is 9.11. The zero-order chi connectivity index (χ0) is 14.0. The molecule has 1 N–H and O–H groups in total. The Bertz CT molecular complexity index is 190. The molecule has 0 amide bonds. The quantitative estimate of drug-likeness (QED) is 0.600. The number of unbranched alkanes of at least 4 members (excludes halogenated alkanes) is 1. The largest absolute Gasteiger partial charge is 0.396 e. The third kappa shape index (κ3) is 8.93.